The molecule has 1 aliphatic heterocycles. The van der Waals surface area contributed by atoms with Crippen molar-refractivity contribution in [3.8, 4) is 0 Å². The molecule has 1 saturated heterocycles. The third-order valence-electron chi connectivity index (χ3n) is 3.14. The van der Waals surface area contributed by atoms with E-state index in [2.05, 4.69) is 24.6 Å². The van der Waals surface area contributed by atoms with Crippen LogP contribution in [-0.4, -0.2) is 40.2 Å². The zero-order valence-corrected chi connectivity index (χ0v) is 10.6. The number of hydrogen-bond donors (Lipinski definition) is 3. The number of carboxylic acids is 1. The first-order chi connectivity index (χ1) is 7.91. The van der Waals surface area contributed by atoms with Crippen LogP contribution < -0.4 is 10.7 Å². The molecule has 3 unspecified atom stereocenters. The van der Waals surface area contributed by atoms with Crippen LogP contribution in [0.1, 0.15) is 40.0 Å². The van der Waals surface area contributed by atoms with Crippen molar-refractivity contribution in [2.75, 3.05) is 0 Å². The molecule has 0 aromatic rings. The fraction of sp³-hybridized carbons (Fsp3) is 0.818. The van der Waals surface area contributed by atoms with Gasteiger partial charge in [0.25, 0.3) is 0 Å². The number of rotatable bonds is 3. The topological polar surface area (TPSA) is 81.7 Å². The van der Waals surface area contributed by atoms with Gasteiger partial charge in [0.05, 0.1) is 0 Å². The largest absolute Gasteiger partial charge is 0.480 e. The number of carbonyl (C=O) groups is 2. The van der Waals surface area contributed by atoms with Crippen molar-refractivity contribution in [3.05, 3.63) is 0 Å². The Bertz CT molecular complexity index is 286. The summed E-state index contributed by atoms with van der Waals surface area (Å²) in [6.45, 7) is 5.54. The van der Waals surface area contributed by atoms with Gasteiger partial charge in [-0.25, -0.2) is 9.80 Å². The molecule has 1 fully saturated rings. The van der Waals surface area contributed by atoms with Crippen LogP contribution in [0.15, 0.2) is 0 Å². The summed E-state index contributed by atoms with van der Waals surface area (Å²) in [6, 6.07) is -0.778. The van der Waals surface area contributed by atoms with Crippen LogP contribution in [0, 0.1) is 0 Å². The van der Waals surface area contributed by atoms with Crippen molar-refractivity contribution < 1.29 is 14.7 Å². The predicted octanol–water partition coefficient (Wildman–Crippen LogP) is 0.937. The third-order valence-corrected chi connectivity index (χ3v) is 3.14. The van der Waals surface area contributed by atoms with Gasteiger partial charge in [0.15, 0.2) is 0 Å². The highest BCUT2D eigenvalue weighted by molar-refractivity contribution is 5.81. The molecule has 0 aliphatic carbocycles. The highest BCUT2D eigenvalue weighted by Gasteiger charge is 2.26. The summed E-state index contributed by atoms with van der Waals surface area (Å²) in [5.74, 6) is -1.04. The third kappa shape index (κ3) is 3.89. The second-order valence-electron chi connectivity index (χ2n) is 4.68. The highest BCUT2D eigenvalue weighted by atomic mass is 16.4. The summed E-state index contributed by atoms with van der Waals surface area (Å²) in [6.07, 6.45) is 3.24. The van der Waals surface area contributed by atoms with Crippen molar-refractivity contribution in [1.82, 2.24) is 15.8 Å². The number of aliphatic carboxylic acids is 1. The van der Waals surface area contributed by atoms with Gasteiger partial charge in [0.2, 0.25) is 0 Å². The minimum absolute atomic E-state index is 0.282. The molecular weight excluding hydrogens is 222 g/mol. The van der Waals surface area contributed by atoms with Crippen molar-refractivity contribution in [2.45, 2.75) is 58.2 Å². The Morgan fingerprint density at radius 1 is 1.29 bits per heavy atom. The highest BCUT2D eigenvalue weighted by Crippen LogP contribution is 2.19. The fourth-order valence-electron chi connectivity index (χ4n) is 2.05. The standard InChI is InChI=1S/C11H21N3O3/c1-7-5-4-6-8(2)14(7)13-11(17)12-9(3)10(15)16/h7-9H,4-6H2,1-3H3,(H,15,16)(H2,12,13,17). The van der Waals surface area contributed by atoms with E-state index in [1.54, 1.807) is 0 Å². The summed E-state index contributed by atoms with van der Waals surface area (Å²) in [5, 5.41) is 13.0. The van der Waals surface area contributed by atoms with E-state index in [4.69, 9.17) is 5.11 Å². The first-order valence-electron chi connectivity index (χ1n) is 6.00. The molecule has 2 amide bonds. The van der Waals surface area contributed by atoms with Gasteiger partial charge >= 0.3 is 12.0 Å². The van der Waals surface area contributed by atoms with E-state index in [1.165, 1.54) is 6.92 Å². The normalized spacial score (nSPS) is 27.2. The van der Waals surface area contributed by atoms with E-state index >= 15 is 0 Å². The Balaban J connectivity index is 2.46. The number of nitrogens with zero attached hydrogens (tertiary/aromatic N) is 1. The van der Waals surface area contributed by atoms with Gasteiger partial charge in [0, 0.05) is 12.1 Å². The molecule has 6 nitrogen and oxygen atoms in total. The first kappa shape index (κ1) is 13.8. The molecule has 1 rings (SSSR count). The predicted molar refractivity (Wildman–Crippen MR) is 63.4 cm³/mol. The van der Waals surface area contributed by atoms with Gasteiger partial charge in [-0.1, -0.05) is 6.42 Å². The van der Waals surface area contributed by atoms with Gasteiger partial charge < -0.3 is 10.4 Å². The number of hydrazine groups is 1. The van der Waals surface area contributed by atoms with Crippen LogP contribution in [-0.2, 0) is 4.79 Å². The maximum absolute atomic E-state index is 11.6. The second kappa shape index (κ2) is 5.86. The zero-order valence-electron chi connectivity index (χ0n) is 10.6. The molecular formula is C11H21N3O3. The lowest BCUT2D eigenvalue weighted by atomic mass is 10.00. The molecule has 6 heteroatoms. The maximum Gasteiger partial charge on any atom is 0.330 e. The molecule has 98 valence electrons. The van der Waals surface area contributed by atoms with E-state index in [-0.39, 0.29) is 12.1 Å². The van der Waals surface area contributed by atoms with Crippen LogP contribution in [0.4, 0.5) is 4.79 Å². The summed E-state index contributed by atoms with van der Waals surface area (Å²) in [7, 11) is 0. The quantitative estimate of drug-likeness (QED) is 0.689. The average molecular weight is 243 g/mol. The summed E-state index contributed by atoms with van der Waals surface area (Å²) in [4.78, 5) is 22.2. The Morgan fingerprint density at radius 2 is 1.82 bits per heavy atom. The number of carbonyl (C=O) groups excluding carboxylic acids is 1. The number of urea groups is 1. The molecule has 1 heterocycles. The SMILES string of the molecule is CC(NC(=O)NN1C(C)CCCC1C)C(=O)O. The first-order valence-corrected chi connectivity index (χ1v) is 6.00. The van der Waals surface area contributed by atoms with Crippen LogP contribution in [0.2, 0.25) is 0 Å². The fourth-order valence-corrected chi connectivity index (χ4v) is 2.05. The van der Waals surface area contributed by atoms with Crippen LogP contribution in [0.3, 0.4) is 0 Å². The molecule has 0 spiro atoms. The Morgan fingerprint density at radius 3 is 2.29 bits per heavy atom. The van der Waals surface area contributed by atoms with Gasteiger partial charge in [0.1, 0.15) is 6.04 Å². The van der Waals surface area contributed by atoms with Gasteiger partial charge in [-0.05, 0) is 33.6 Å². The van der Waals surface area contributed by atoms with E-state index in [0.717, 1.165) is 19.3 Å². The zero-order chi connectivity index (χ0) is 13.0. The molecule has 0 aromatic carbocycles. The summed E-state index contributed by atoms with van der Waals surface area (Å²) >= 11 is 0. The lowest BCUT2D eigenvalue weighted by Gasteiger charge is -2.38. The van der Waals surface area contributed by atoms with E-state index in [1.807, 2.05) is 5.01 Å². The van der Waals surface area contributed by atoms with E-state index in [0.29, 0.717) is 0 Å². The van der Waals surface area contributed by atoms with Crippen LogP contribution in [0.5, 0.6) is 0 Å². The smallest absolute Gasteiger partial charge is 0.330 e. The summed E-state index contributed by atoms with van der Waals surface area (Å²) in [5.41, 5.74) is 2.72. The van der Waals surface area contributed by atoms with Gasteiger partial charge in [-0.15, -0.1) is 0 Å². The molecule has 0 radical (unpaired) electrons. The second-order valence-corrected chi connectivity index (χ2v) is 4.68. The van der Waals surface area contributed by atoms with Crippen molar-refractivity contribution in [1.29, 1.82) is 0 Å². The van der Waals surface area contributed by atoms with Gasteiger partial charge in [-0.2, -0.15) is 0 Å². The Kier molecular flexibility index (Phi) is 4.74. The molecule has 3 atom stereocenters. The lowest BCUT2D eigenvalue weighted by molar-refractivity contribution is -0.138. The molecule has 0 aromatic heterocycles. The minimum atomic E-state index is -1.04. The molecule has 1 aliphatic rings. The Labute approximate surface area is 101 Å². The van der Waals surface area contributed by atoms with Crippen LogP contribution >= 0.6 is 0 Å². The minimum Gasteiger partial charge on any atom is -0.480 e. The molecule has 0 saturated carbocycles. The maximum atomic E-state index is 11.6. The lowest BCUT2D eigenvalue weighted by Crippen LogP contribution is -2.58. The van der Waals surface area contributed by atoms with Crippen molar-refractivity contribution in [3.63, 3.8) is 0 Å². The number of hydrogen-bond acceptors (Lipinski definition) is 3. The number of amides is 2. The van der Waals surface area contributed by atoms with Crippen molar-refractivity contribution >= 4 is 12.0 Å². The van der Waals surface area contributed by atoms with Crippen LogP contribution in [0.25, 0.3) is 0 Å². The number of piperidine rings is 1. The van der Waals surface area contributed by atoms with E-state index in [9.17, 15) is 9.59 Å². The average Bonchev–Trinajstić information content (AvgIpc) is 2.23. The molecule has 3 N–H and O–H groups in total. The Hall–Kier alpha value is -1.30. The molecule has 0 bridgehead atoms. The number of nitrogens with one attached hydrogen (secondary N) is 2. The monoisotopic (exact) mass is 243 g/mol. The van der Waals surface area contributed by atoms with E-state index < -0.39 is 18.0 Å². The molecule has 17 heavy (non-hydrogen) atoms. The summed E-state index contributed by atoms with van der Waals surface area (Å²) < 4.78 is 0. The number of carboxylic acid groups (broad SMARTS) is 1. The van der Waals surface area contributed by atoms with Crippen molar-refractivity contribution in [2.24, 2.45) is 0 Å². The van der Waals surface area contributed by atoms with Gasteiger partial charge in [-0.3, -0.25) is 10.2 Å².